The summed E-state index contributed by atoms with van der Waals surface area (Å²) in [5, 5.41) is 5.64. The SMILES string of the molecule is CC(C)OC(=O)C[C@H]1NCCNC1=O. The lowest BCUT2D eigenvalue weighted by atomic mass is 10.1. The number of ether oxygens (including phenoxy) is 1. The predicted octanol–water partition coefficient (Wildman–Crippen LogP) is -0.584. The van der Waals surface area contributed by atoms with E-state index in [0.29, 0.717) is 13.1 Å². The van der Waals surface area contributed by atoms with Gasteiger partial charge in [0.15, 0.2) is 0 Å². The molecule has 0 aromatic carbocycles. The van der Waals surface area contributed by atoms with E-state index >= 15 is 0 Å². The molecular weight excluding hydrogens is 184 g/mol. The number of amides is 1. The van der Waals surface area contributed by atoms with Gasteiger partial charge in [-0.2, -0.15) is 0 Å². The first kappa shape index (κ1) is 11.0. The highest BCUT2D eigenvalue weighted by Gasteiger charge is 2.24. The Balaban J connectivity index is 2.34. The Morgan fingerprint density at radius 2 is 2.29 bits per heavy atom. The van der Waals surface area contributed by atoms with E-state index in [1.807, 2.05) is 0 Å². The Hall–Kier alpha value is -1.10. The molecule has 2 N–H and O–H groups in total. The Bertz CT molecular complexity index is 228. The molecule has 0 spiro atoms. The monoisotopic (exact) mass is 200 g/mol. The van der Waals surface area contributed by atoms with Gasteiger partial charge in [0.05, 0.1) is 18.6 Å². The summed E-state index contributed by atoms with van der Waals surface area (Å²) in [6, 6.07) is -0.435. The van der Waals surface area contributed by atoms with Crippen molar-refractivity contribution in [1.29, 1.82) is 0 Å². The van der Waals surface area contributed by atoms with E-state index in [0.717, 1.165) is 0 Å². The van der Waals surface area contributed by atoms with E-state index in [1.54, 1.807) is 13.8 Å². The molecule has 1 heterocycles. The zero-order valence-corrected chi connectivity index (χ0v) is 8.50. The minimum absolute atomic E-state index is 0.101. The smallest absolute Gasteiger partial charge is 0.308 e. The Morgan fingerprint density at radius 1 is 1.57 bits per heavy atom. The van der Waals surface area contributed by atoms with Crippen LogP contribution in [0.15, 0.2) is 0 Å². The van der Waals surface area contributed by atoms with Crippen LogP contribution in [-0.2, 0) is 14.3 Å². The molecule has 0 aliphatic carbocycles. The molecule has 5 nitrogen and oxygen atoms in total. The molecule has 14 heavy (non-hydrogen) atoms. The summed E-state index contributed by atoms with van der Waals surface area (Å²) >= 11 is 0. The number of nitrogens with one attached hydrogen (secondary N) is 2. The maximum Gasteiger partial charge on any atom is 0.308 e. The molecule has 0 radical (unpaired) electrons. The molecule has 0 saturated carbocycles. The van der Waals surface area contributed by atoms with Crippen molar-refractivity contribution in [1.82, 2.24) is 10.6 Å². The molecule has 0 aromatic heterocycles. The summed E-state index contributed by atoms with van der Waals surface area (Å²) in [5.74, 6) is -0.466. The van der Waals surface area contributed by atoms with Crippen LogP contribution in [0.2, 0.25) is 0 Å². The van der Waals surface area contributed by atoms with E-state index in [4.69, 9.17) is 4.74 Å². The molecule has 0 unspecified atom stereocenters. The van der Waals surface area contributed by atoms with Crippen molar-refractivity contribution in [2.45, 2.75) is 32.4 Å². The standard InChI is InChI=1S/C9H16N2O3/c1-6(2)14-8(12)5-7-9(13)11-4-3-10-7/h6-7,10H,3-5H2,1-2H3,(H,11,13)/t7-/m1/s1. The van der Waals surface area contributed by atoms with Gasteiger partial charge in [0.25, 0.3) is 0 Å². The average molecular weight is 200 g/mol. The first-order chi connectivity index (χ1) is 6.59. The molecule has 1 aliphatic heterocycles. The second-order valence-corrected chi connectivity index (χ2v) is 3.54. The van der Waals surface area contributed by atoms with E-state index in [2.05, 4.69) is 10.6 Å². The van der Waals surface area contributed by atoms with Crippen molar-refractivity contribution in [3.63, 3.8) is 0 Å². The van der Waals surface area contributed by atoms with Gasteiger partial charge >= 0.3 is 5.97 Å². The third-order valence-electron chi connectivity index (χ3n) is 1.87. The summed E-state index contributed by atoms with van der Waals surface area (Å²) in [6.07, 6.45) is -0.0292. The molecule has 1 amide bonds. The van der Waals surface area contributed by atoms with Gasteiger partial charge in [-0.3, -0.25) is 9.59 Å². The lowest BCUT2D eigenvalue weighted by Gasteiger charge is -2.22. The van der Waals surface area contributed by atoms with Crippen LogP contribution in [0.1, 0.15) is 20.3 Å². The van der Waals surface area contributed by atoms with Crippen molar-refractivity contribution < 1.29 is 14.3 Å². The zero-order valence-electron chi connectivity index (χ0n) is 8.50. The second-order valence-electron chi connectivity index (χ2n) is 3.54. The highest BCUT2D eigenvalue weighted by Crippen LogP contribution is 2.00. The van der Waals surface area contributed by atoms with Crippen molar-refractivity contribution in [2.24, 2.45) is 0 Å². The predicted molar refractivity (Wildman–Crippen MR) is 50.6 cm³/mol. The van der Waals surface area contributed by atoms with Gasteiger partial charge in [0.1, 0.15) is 0 Å². The van der Waals surface area contributed by atoms with Gasteiger partial charge in [-0.05, 0) is 13.8 Å². The van der Waals surface area contributed by atoms with Gasteiger partial charge < -0.3 is 15.4 Å². The van der Waals surface area contributed by atoms with Crippen LogP contribution in [0.4, 0.5) is 0 Å². The largest absolute Gasteiger partial charge is 0.463 e. The zero-order chi connectivity index (χ0) is 10.6. The summed E-state index contributed by atoms with van der Waals surface area (Å²) in [5.41, 5.74) is 0. The van der Waals surface area contributed by atoms with Gasteiger partial charge in [0, 0.05) is 13.1 Å². The van der Waals surface area contributed by atoms with E-state index < -0.39 is 6.04 Å². The van der Waals surface area contributed by atoms with Crippen LogP contribution in [0, 0.1) is 0 Å². The highest BCUT2D eigenvalue weighted by atomic mass is 16.5. The number of esters is 1. The van der Waals surface area contributed by atoms with Crippen LogP contribution >= 0.6 is 0 Å². The lowest BCUT2D eigenvalue weighted by molar-refractivity contribution is -0.149. The normalized spacial score (nSPS) is 21.9. The maximum absolute atomic E-state index is 11.2. The molecule has 1 aliphatic rings. The quantitative estimate of drug-likeness (QED) is 0.598. The van der Waals surface area contributed by atoms with Crippen molar-refractivity contribution in [2.75, 3.05) is 13.1 Å². The second kappa shape index (κ2) is 4.95. The number of hydrogen-bond donors (Lipinski definition) is 2. The van der Waals surface area contributed by atoms with Crippen molar-refractivity contribution in [3.05, 3.63) is 0 Å². The Labute approximate surface area is 83.2 Å². The maximum atomic E-state index is 11.2. The van der Waals surface area contributed by atoms with E-state index in [9.17, 15) is 9.59 Å². The van der Waals surface area contributed by atoms with Crippen LogP contribution in [0.3, 0.4) is 0 Å². The molecule has 0 aromatic rings. The van der Waals surface area contributed by atoms with Gasteiger partial charge in [-0.15, -0.1) is 0 Å². The fourth-order valence-corrected chi connectivity index (χ4v) is 1.29. The minimum atomic E-state index is -0.435. The fourth-order valence-electron chi connectivity index (χ4n) is 1.29. The summed E-state index contributed by atoms with van der Waals surface area (Å²) in [7, 11) is 0. The lowest BCUT2D eigenvalue weighted by Crippen LogP contribution is -2.53. The van der Waals surface area contributed by atoms with Crippen LogP contribution in [0.5, 0.6) is 0 Å². The van der Waals surface area contributed by atoms with Crippen molar-refractivity contribution in [3.8, 4) is 0 Å². The fraction of sp³-hybridized carbons (Fsp3) is 0.778. The van der Waals surface area contributed by atoms with Crippen LogP contribution in [0.25, 0.3) is 0 Å². The molecule has 1 rings (SSSR count). The van der Waals surface area contributed by atoms with E-state index in [1.165, 1.54) is 0 Å². The van der Waals surface area contributed by atoms with Crippen LogP contribution < -0.4 is 10.6 Å². The number of carbonyl (C=O) groups is 2. The molecule has 1 fully saturated rings. The molecule has 1 saturated heterocycles. The number of rotatable bonds is 3. The number of hydrogen-bond acceptors (Lipinski definition) is 4. The third kappa shape index (κ3) is 3.33. The van der Waals surface area contributed by atoms with Crippen molar-refractivity contribution >= 4 is 11.9 Å². The van der Waals surface area contributed by atoms with Gasteiger partial charge in [-0.25, -0.2) is 0 Å². The van der Waals surface area contributed by atoms with Gasteiger partial charge in [0.2, 0.25) is 5.91 Å². The van der Waals surface area contributed by atoms with E-state index in [-0.39, 0.29) is 24.4 Å². The van der Waals surface area contributed by atoms with Crippen LogP contribution in [-0.4, -0.2) is 37.1 Å². The Morgan fingerprint density at radius 3 is 2.86 bits per heavy atom. The summed E-state index contributed by atoms with van der Waals surface area (Å²) < 4.78 is 4.94. The number of carbonyl (C=O) groups excluding carboxylic acids is 2. The molecule has 5 heteroatoms. The topological polar surface area (TPSA) is 67.4 Å². The molecule has 0 bridgehead atoms. The summed E-state index contributed by atoms with van der Waals surface area (Å²) in [4.78, 5) is 22.5. The molecule has 1 atom stereocenters. The first-order valence-electron chi connectivity index (χ1n) is 4.80. The highest BCUT2D eigenvalue weighted by molar-refractivity contribution is 5.87. The molecular formula is C9H16N2O3. The van der Waals surface area contributed by atoms with Gasteiger partial charge in [-0.1, -0.05) is 0 Å². The summed E-state index contributed by atoms with van der Waals surface area (Å²) in [6.45, 7) is 4.89. The third-order valence-corrected chi connectivity index (χ3v) is 1.87. The average Bonchev–Trinajstić information content (AvgIpc) is 2.07. The number of piperazine rings is 1. The Kier molecular flexibility index (Phi) is 3.88. The minimum Gasteiger partial charge on any atom is -0.463 e. The molecule has 80 valence electrons. The first-order valence-corrected chi connectivity index (χ1v) is 4.80.